The van der Waals surface area contributed by atoms with Crippen LogP contribution >= 0.6 is 0 Å². The maximum absolute atomic E-state index is 12.3. The molecule has 15 heteroatoms. The Bertz CT molecular complexity index is 1960. The molecule has 0 atom stereocenters. The number of hydrogen-bond acceptors (Lipinski definition) is 8. The zero-order valence-corrected chi connectivity index (χ0v) is 27.7. The molecule has 3 aromatic carbocycles. The van der Waals surface area contributed by atoms with E-state index in [0.717, 1.165) is 22.0 Å². The summed E-state index contributed by atoms with van der Waals surface area (Å²) in [5, 5.41) is 7.08. The van der Waals surface area contributed by atoms with Gasteiger partial charge in [0.1, 0.15) is 6.42 Å². The van der Waals surface area contributed by atoms with Gasteiger partial charge in [-0.3, -0.25) is 24.2 Å². The molecule has 0 aliphatic carbocycles. The van der Waals surface area contributed by atoms with Gasteiger partial charge in [0.25, 0.3) is 5.56 Å². The molecular formula is C34H35F3N4O7S. The van der Waals surface area contributed by atoms with Crippen LogP contribution in [-0.2, 0) is 32.7 Å². The first-order chi connectivity index (χ1) is 23.3. The van der Waals surface area contributed by atoms with Gasteiger partial charge in [0.15, 0.2) is 5.78 Å². The molecule has 0 unspecified atom stereocenters. The molecule has 0 bridgehead atoms. The van der Waals surface area contributed by atoms with E-state index in [9.17, 15) is 36.0 Å². The summed E-state index contributed by atoms with van der Waals surface area (Å²) in [4.78, 5) is 33.8. The Morgan fingerprint density at radius 2 is 1.37 bits per heavy atom. The summed E-state index contributed by atoms with van der Waals surface area (Å²) < 4.78 is 70.6. The van der Waals surface area contributed by atoms with E-state index in [1.807, 2.05) is 43.3 Å². The first kappa shape index (κ1) is 38.0. The van der Waals surface area contributed by atoms with Gasteiger partial charge in [-0.05, 0) is 26.3 Å². The minimum absolute atomic E-state index is 0.0198. The van der Waals surface area contributed by atoms with Crippen LogP contribution in [0.1, 0.15) is 37.6 Å². The Morgan fingerprint density at radius 3 is 1.86 bits per heavy atom. The predicted octanol–water partition coefficient (Wildman–Crippen LogP) is 6.48. The molecule has 0 aliphatic heterocycles. The SMILES string of the molecule is CCOC(=O)CC(=O)c1ccccc1.CCn1[nH]c(-c2ccccc2)cc1=O.CCn1nc(-c2ccccc2)cc1OS(=O)(=O)C(F)(F)F. The molecule has 0 saturated heterocycles. The number of hydrogen-bond donors (Lipinski definition) is 1. The number of carbonyl (C=O) groups excluding carboxylic acids is 2. The summed E-state index contributed by atoms with van der Waals surface area (Å²) in [5.74, 6) is -1.15. The number of Topliss-reactive ketones (excluding diaryl/α,β-unsaturated/α-hetero) is 1. The second-order valence-electron chi connectivity index (χ2n) is 9.92. The molecule has 0 spiro atoms. The number of nitrogens with zero attached hydrogens (tertiary/aromatic N) is 3. The lowest BCUT2D eigenvalue weighted by atomic mass is 10.1. The number of nitrogens with one attached hydrogen (secondary N) is 1. The minimum Gasteiger partial charge on any atom is -0.466 e. The second-order valence-corrected chi connectivity index (χ2v) is 11.5. The number of alkyl halides is 3. The normalized spacial score (nSPS) is 11.0. The van der Waals surface area contributed by atoms with Crippen LogP contribution in [0.5, 0.6) is 5.88 Å². The zero-order valence-electron chi connectivity index (χ0n) is 26.9. The van der Waals surface area contributed by atoms with E-state index in [1.165, 1.54) is 0 Å². The van der Waals surface area contributed by atoms with Crippen molar-refractivity contribution in [1.29, 1.82) is 0 Å². The maximum Gasteiger partial charge on any atom is 0.534 e. The largest absolute Gasteiger partial charge is 0.534 e. The van der Waals surface area contributed by atoms with Crippen LogP contribution in [0.4, 0.5) is 13.2 Å². The van der Waals surface area contributed by atoms with E-state index < -0.39 is 27.5 Å². The first-order valence-corrected chi connectivity index (χ1v) is 16.4. The highest BCUT2D eigenvalue weighted by atomic mass is 32.2. The average molecular weight is 701 g/mol. The second kappa shape index (κ2) is 17.6. The highest BCUT2D eigenvalue weighted by molar-refractivity contribution is 7.87. The van der Waals surface area contributed by atoms with E-state index in [0.29, 0.717) is 30.0 Å². The van der Waals surface area contributed by atoms with E-state index >= 15 is 0 Å². The molecule has 1 N–H and O–H groups in total. The highest BCUT2D eigenvalue weighted by Gasteiger charge is 2.49. The van der Waals surface area contributed by atoms with Crippen LogP contribution in [0.3, 0.4) is 0 Å². The summed E-state index contributed by atoms with van der Waals surface area (Å²) in [6.07, 6.45) is -0.183. The Balaban J connectivity index is 0.000000206. The van der Waals surface area contributed by atoms with Crippen LogP contribution in [0, 0.1) is 0 Å². The molecule has 0 amide bonds. The predicted molar refractivity (Wildman–Crippen MR) is 177 cm³/mol. The Hall–Kier alpha value is -5.44. The number of aromatic nitrogens is 4. The Kier molecular flexibility index (Phi) is 13.7. The lowest BCUT2D eigenvalue weighted by molar-refractivity contribution is -0.141. The summed E-state index contributed by atoms with van der Waals surface area (Å²) >= 11 is 0. The molecule has 5 aromatic rings. The van der Waals surface area contributed by atoms with Gasteiger partial charge in [-0.2, -0.15) is 26.7 Å². The van der Waals surface area contributed by atoms with Gasteiger partial charge < -0.3 is 8.92 Å². The number of ether oxygens (including phenoxy) is 1. The van der Waals surface area contributed by atoms with Crippen LogP contribution in [-0.4, -0.2) is 51.8 Å². The van der Waals surface area contributed by atoms with Crippen molar-refractivity contribution >= 4 is 21.9 Å². The monoisotopic (exact) mass is 700 g/mol. The standard InChI is InChI=1S/C12H11F3N2O3S.C11H12N2O.C11H12O3/c1-2-17-11(20-21(18,19)12(13,14)15)8-10(16-17)9-6-4-3-5-7-9;1-2-13-11(14)8-10(12-13)9-6-4-3-5-7-9;1-2-14-11(13)8-10(12)9-6-4-3-5-7-9/h3-8H,2H2,1H3;3-8,12H,2H2,1H3;3-7H,2,8H2,1H3. The van der Waals surface area contributed by atoms with Crippen LogP contribution < -0.4 is 9.74 Å². The van der Waals surface area contributed by atoms with Gasteiger partial charge in [0, 0.05) is 36.3 Å². The third-order valence-electron chi connectivity index (χ3n) is 6.49. The minimum atomic E-state index is -5.71. The average Bonchev–Trinajstić information content (AvgIpc) is 3.68. The van der Waals surface area contributed by atoms with Gasteiger partial charge in [0.2, 0.25) is 5.88 Å². The molecule has 11 nitrogen and oxygen atoms in total. The molecule has 0 saturated carbocycles. The summed E-state index contributed by atoms with van der Waals surface area (Å²) in [6.45, 7) is 6.40. The molecule has 2 heterocycles. The molecular weight excluding hydrogens is 665 g/mol. The van der Waals surface area contributed by atoms with E-state index in [-0.39, 0.29) is 24.3 Å². The zero-order chi connectivity index (χ0) is 36.0. The van der Waals surface area contributed by atoms with Crippen molar-refractivity contribution in [3.63, 3.8) is 0 Å². The van der Waals surface area contributed by atoms with Gasteiger partial charge in [0.05, 0.1) is 18.0 Å². The van der Waals surface area contributed by atoms with Crippen LogP contribution in [0.2, 0.25) is 0 Å². The van der Waals surface area contributed by atoms with Crippen molar-refractivity contribution in [3.05, 3.63) is 119 Å². The molecule has 0 fully saturated rings. The first-order valence-electron chi connectivity index (χ1n) is 15.0. The number of ketones is 1. The number of benzene rings is 3. The van der Waals surface area contributed by atoms with E-state index in [1.54, 1.807) is 79.2 Å². The van der Waals surface area contributed by atoms with Crippen molar-refractivity contribution < 1.29 is 40.1 Å². The Morgan fingerprint density at radius 1 is 0.816 bits per heavy atom. The highest BCUT2D eigenvalue weighted by Crippen LogP contribution is 2.29. The van der Waals surface area contributed by atoms with Crippen molar-refractivity contribution in [1.82, 2.24) is 19.6 Å². The Labute approximate surface area is 281 Å². The molecule has 49 heavy (non-hydrogen) atoms. The fourth-order valence-corrected chi connectivity index (χ4v) is 4.56. The van der Waals surface area contributed by atoms with Gasteiger partial charge in [-0.15, -0.1) is 0 Å². The fourth-order valence-electron chi connectivity index (χ4n) is 4.11. The van der Waals surface area contributed by atoms with Crippen molar-refractivity contribution in [3.8, 4) is 28.4 Å². The summed E-state index contributed by atoms with van der Waals surface area (Å²) in [6, 6.07) is 29.9. The molecule has 260 valence electrons. The van der Waals surface area contributed by atoms with Crippen LogP contribution in [0.15, 0.2) is 108 Å². The van der Waals surface area contributed by atoms with Crippen molar-refractivity contribution in [2.75, 3.05) is 6.61 Å². The number of carbonyl (C=O) groups is 2. The van der Waals surface area contributed by atoms with Crippen molar-refractivity contribution in [2.24, 2.45) is 0 Å². The number of halogens is 3. The smallest absolute Gasteiger partial charge is 0.466 e. The quantitative estimate of drug-likeness (QED) is 0.0574. The number of H-pyrrole nitrogens is 1. The third-order valence-corrected chi connectivity index (χ3v) is 7.44. The maximum atomic E-state index is 12.3. The summed E-state index contributed by atoms with van der Waals surface area (Å²) in [5.41, 5.74) is -2.05. The fraction of sp³-hybridized carbons (Fsp3) is 0.235. The molecule has 0 radical (unpaired) electrons. The van der Waals surface area contributed by atoms with E-state index in [4.69, 9.17) is 0 Å². The van der Waals surface area contributed by atoms with E-state index in [2.05, 4.69) is 19.1 Å². The number of rotatable bonds is 10. The van der Waals surface area contributed by atoms with Crippen LogP contribution in [0.25, 0.3) is 22.5 Å². The molecule has 2 aromatic heterocycles. The molecule has 0 aliphatic rings. The molecule has 5 rings (SSSR count). The lowest BCUT2D eigenvalue weighted by Crippen LogP contribution is -2.28. The number of esters is 1. The number of aryl methyl sites for hydroxylation is 2. The van der Waals surface area contributed by atoms with Gasteiger partial charge >= 0.3 is 21.6 Å². The summed E-state index contributed by atoms with van der Waals surface area (Å²) in [7, 11) is -5.71. The third kappa shape index (κ3) is 11.1. The number of aromatic amines is 1. The van der Waals surface area contributed by atoms with Gasteiger partial charge in [-0.1, -0.05) is 91.0 Å². The van der Waals surface area contributed by atoms with Gasteiger partial charge in [-0.25, -0.2) is 4.68 Å². The van der Waals surface area contributed by atoms with Crippen molar-refractivity contribution in [2.45, 2.75) is 45.8 Å². The lowest BCUT2D eigenvalue weighted by Gasteiger charge is -2.09. The topological polar surface area (TPSA) is 142 Å².